The molecule has 3 aromatic heterocycles. The SMILES string of the molecule is CC(C)Nc1nc2ccc(-n3cnc4cc(C5=CCC(Cl)C=C5)sc4c3=O)cc2[nH]1. The van der Waals surface area contributed by atoms with Crippen LogP contribution >= 0.6 is 22.9 Å². The van der Waals surface area contributed by atoms with Crippen molar-refractivity contribution in [1.29, 1.82) is 0 Å². The molecule has 0 amide bonds. The third-order valence-electron chi connectivity index (χ3n) is 4.94. The van der Waals surface area contributed by atoms with E-state index in [4.69, 9.17) is 11.6 Å². The van der Waals surface area contributed by atoms with Crippen LogP contribution in [0.15, 0.2) is 53.6 Å². The normalized spacial score (nSPS) is 16.5. The molecule has 8 heteroatoms. The van der Waals surface area contributed by atoms with Gasteiger partial charge in [0.2, 0.25) is 5.95 Å². The molecule has 6 nitrogen and oxygen atoms in total. The minimum atomic E-state index is -0.0775. The summed E-state index contributed by atoms with van der Waals surface area (Å²) < 4.78 is 2.22. The van der Waals surface area contributed by atoms with Crippen LogP contribution in [0.5, 0.6) is 0 Å². The molecule has 0 saturated carbocycles. The number of hydrogen-bond acceptors (Lipinski definition) is 5. The third kappa shape index (κ3) is 3.44. The van der Waals surface area contributed by atoms with Crippen molar-refractivity contribution in [2.45, 2.75) is 31.7 Å². The number of fused-ring (bicyclic) bond motifs is 2. The number of halogens is 1. The molecule has 4 aromatic rings. The number of alkyl halides is 1. The van der Waals surface area contributed by atoms with Gasteiger partial charge in [0.25, 0.3) is 5.56 Å². The Labute approximate surface area is 181 Å². The number of hydrogen-bond donors (Lipinski definition) is 2. The molecule has 0 fully saturated rings. The van der Waals surface area contributed by atoms with Crippen LogP contribution < -0.4 is 10.9 Å². The molecule has 1 aromatic carbocycles. The summed E-state index contributed by atoms with van der Waals surface area (Å²) in [5, 5.41) is 3.30. The second-order valence-electron chi connectivity index (χ2n) is 7.60. The minimum absolute atomic E-state index is 0.0344. The number of H-pyrrole nitrogens is 1. The number of nitrogens with one attached hydrogen (secondary N) is 2. The summed E-state index contributed by atoms with van der Waals surface area (Å²) in [5.74, 6) is 0.717. The number of anilines is 1. The standard InChI is InChI=1S/C22H20ClN5OS/c1-12(2)25-22-26-16-8-7-15(9-17(16)27-22)28-11-24-18-10-19(30-20(18)21(28)29)13-3-5-14(23)6-4-13/h3-5,7-12,14H,6H2,1-2H3,(H2,25,26,27). The molecular weight excluding hydrogens is 418 g/mol. The Morgan fingerprint density at radius 3 is 2.93 bits per heavy atom. The minimum Gasteiger partial charge on any atom is -0.354 e. The summed E-state index contributed by atoms with van der Waals surface area (Å²) in [6, 6.07) is 7.96. The van der Waals surface area contributed by atoms with Crippen LogP contribution in [0.1, 0.15) is 25.1 Å². The lowest BCUT2D eigenvalue weighted by atomic mass is 10.1. The Bertz CT molecular complexity index is 1380. The molecule has 0 bridgehead atoms. The smallest absolute Gasteiger partial charge is 0.275 e. The highest BCUT2D eigenvalue weighted by Crippen LogP contribution is 2.31. The number of aromatic amines is 1. The number of benzene rings is 1. The Balaban J connectivity index is 1.55. The van der Waals surface area contributed by atoms with Crippen molar-refractivity contribution in [1.82, 2.24) is 19.5 Å². The Morgan fingerprint density at radius 2 is 2.17 bits per heavy atom. The first-order valence-corrected chi connectivity index (χ1v) is 11.0. The molecule has 1 atom stereocenters. The van der Waals surface area contributed by atoms with Crippen molar-refractivity contribution < 1.29 is 0 Å². The van der Waals surface area contributed by atoms with Gasteiger partial charge in [0.05, 0.1) is 27.6 Å². The number of imidazole rings is 1. The average molecular weight is 438 g/mol. The fraction of sp³-hybridized carbons (Fsp3) is 0.227. The predicted octanol–water partition coefficient (Wildman–Crippen LogP) is 5.09. The van der Waals surface area contributed by atoms with Crippen molar-refractivity contribution in [2.24, 2.45) is 0 Å². The van der Waals surface area contributed by atoms with Crippen LogP contribution in [-0.2, 0) is 0 Å². The van der Waals surface area contributed by atoms with Gasteiger partial charge in [-0.15, -0.1) is 22.9 Å². The lowest BCUT2D eigenvalue weighted by Crippen LogP contribution is -2.17. The van der Waals surface area contributed by atoms with Crippen LogP contribution in [0.2, 0.25) is 0 Å². The van der Waals surface area contributed by atoms with Gasteiger partial charge in [0, 0.05) is 10.9 Å². The van der Waals surface area contributed by atoms with E-state index in [2.05, 4.69) is 40.2 Å². The maximum Gasteiger partial charge on any atom is 0.275 e. The molecule has 2 N–H and O–H groups in total. The average Bonchev–Trinajstić information content (AvgIpc) is 3.31. The van der Waals surface area contributed by atoms with Crippen molar-refractivity contribution in [3.05, 3.63) is 64.1 Å². The molecule has 0 radical (unpaired) electrons. The molecule has 5 rings (SSSR count). The topological polar surface area (TPSA) is 75.6 Å². The number of rotatable bonds is 4. The summed E-state index contributed by atoms with van der Waals surface area (Å²) >= 11 is 7.59. The lowest BCUT2D eigenvalue weighted by molar-refractivity contribution is 0.883. The van der Waals surface area contributed by atoms with Crippen LogP contribution in [0.25, 0.3) is 32.5 Å². The molecule has 0 spiro atoms. The van der Waals surface area contributed by atoms with Gasteiger partial charge >= 0.3 is 0 Å². The van der Waals surface area contributed by atoms with Gasteiger partial charge < -0.3 is 10.3 Å². The first-order chi connectivity index (χ1) is 14.5. The molecule has 1 aliphatic rings. The third-order valence-corrected chi connectivity index (χ3v) is 6.42. The van der Waals surface area contributed by atoms with E-state index in [-0.39, 0.29) is 17.0 Å². The van der Waals surface area contributed by atoms with Crippen LogP contribution in [0.3, 0.4) is 0 Å². The van der Waals surface area contributed by atoms with Crippen LogP contribution in [-0.4, -0.2) is 30.9 Å². The highest BCUT2D eigenvalue weighted by Gasteiger charge is 2.14. The van der Waals surface area contributed by atoms with Crippen LogP contribution in [0, 0.1) is 0 Å². The highest BCUT2D eigenvalue weighted by molar-refractivity contribution is 7.20. The number of nitrogens with zero attached hydrogens (tertiary/aromatic N) is 3. The summed E-state index contributed by atoms with van der Waals surface area (Å²) in [6.45, 7) is 4.11. The maximum absolute atomic E-state index is 13.2. The zero-order valence-corrected chi connectivity index (χ0v) is 18.1. The monoisotopic (exact) mass is 437 g/mol. The van der Waals surface area contributed by atoms with E-state index in [0.717, 1.165) is 33.6 Å². The number of thiophene rings is 1. The van der Waals surface area contributed by atoms with Crippen molar-refractivity contribution in [3.63, 3.8) is 0 Å². The van der Waals surface area contributed by atoms with Gasteiger partial charge in [-0.05, 0) is 50.1 Å². The Morgan fingerprint density at radius 1 is 1.30 bits per heavy atom. The Kier molecular flexibility index (Phi) is 4.72. The Hall–Kier alpha value is -2.90. The maximum atomic E-state index is 13.2. The van der Waals surface area contributed by atoms with E-state index in [0.29, 0.717) is 16.2 Å². The molecule has 152 valence electrons. The first-order valence-electron chi connectivity index (χ1n) is 9.78. The van der Waals surface area contributed by atoms with E-state index >= 15 is 0 Å². The van der Waals surface area contributed by atoms with Gasteiger partial charge in [0.1, 0.15) is 11.0 Å². The molecule has 0 aliphatic heterocycles. The summed E-state index contributed by atoms with van der Waals surface area (Å²) in [4.78, 5) is 26.6. The quantitative estimate of drug-likeness (QED) is 0.436. The molecule has 30 heavy (non-hydrogen) atoms. The number of aromatic nitrogens is 4. The van der Waals surface area contributed by atoms with E-state index < -0.39 is 0 Å². The second kappa shape index (κ2) is 7.41. The first kappa shape index (κ1) is 19.1. The zero-order chi connectivity index (χ0) is 20.8. The van der Waals surface area contributed by atoms with Gasteiger partial charge in [0.15, 0.2) is 0 Å². The van der Waals surface area contributed by atoms with E-state index in [1.54, 1.807) is 10.9 Å². The van der Waals surface area contributed by atoms with Crippen LogP contribution in [0.4, 0.5) is 5.95 Å². The zero-order valence-electron chi connectivity index (χ0n) is 16.5. The molecule has 1 aliphatic carbocycles. The van der Waals surface area contributed by atoms with Gasteiger partial charge in [-0.1, -0.05) is 18.2 Å². The van der Waals surface area contributed by atoms with Crippen molar-refractivity contribution in [3.8, 4) is 5.69 Å². The fourth-order valence-corrected chi connectivity index (χ4v) is 4.73. The van der Waals surface area contributed by atoms with E-state index in [9.17, 15) is 4.79 Å². The fourth-order valence-electron chi connectivity index (χ4n) is 3.50. The summed E-state index contributed by atoms with van der Waals surface area (Å²) in [7, 11) is 0. The number of allylic oxidation sites excluding steroid dienone is 4. The predicted molar refractivity (Wildman–Crippen MR) is 125 cm³/mol. The summed E-state index contributed by atoms with van der Waals surface area (Å²) in [6.07, 6.45) is 8.48. The second-order valence-corrected chi connectivity index (χ2v) is 9.21. The molecule has 1 unspecified atom stereocenters. The largest absolute Gasteiger partial charge is 0.354 e. The van der Waals surface area contributed by atoms with Gasteiger partial charge in [-0.25, -0.2) is 9.97 Å². The molecule has 0 saturated heterocycles. The van der Waals surface area contributed by atoms with Gasteiger partial charge in [-0.3, -0.25) is 9.36 Å². The van der Waals surface area contributed by atoms with Crippen molar-refractivity contribution in [2.75, 3.05) is 5.32 Å². The lowest BCUT2D eigenvalue weighted by Gasteiger charge is -2.08. The molecule has 3 heterocycles. The molecular formula is C22H20ClN5OS. The van der Waals surface area contributed by atoms with Gasteiger partial charge in [-0.2, -0.15) is 0 Å². The highest BCUT2D eigenvalue weighted by atomic mass is 35.5. The van der Waals surface area contributed by atoms with Crippen molar-refractivity contribution >= 4 is 55.7 Å². The van der Waals surface area contributed by atoms with E-state index in [1.165, 1.54) is 11.3 Å². The van der Waals surface area contributed by atoms with E-state index in [1.807, 2.05) is 36.4 Å². The summed E-state index contributed by atoms with van der Waals surface area (Å²) in [5.41, 5.74) is 4.18.